The Hall–Kier alpha value is -1.02. The molecule has 0 radical (unpaired) electrons. The second-order valence-corrected chi connectivity index (χ2v) is 4.31. The summed E-state index contributed by atoms with van der Waals surface area (Å²) in [5.41, 5.74) is 1.25. The van der Waals surface area contributed by atoms with Gasteiger partial charge in [0.1, 0.15) is 12.4 Å². The molecule has 1 aromatic rings. The molecule has 0 atom stereocenters. The molecule has 1 aliphatic carbocycles. The van der Waals surface area contributed by atoms with Gasteiger partial charge >= 0.3 is 0 Å². The fraction of sp³-hybridized carbons (Fsp3) is 0.538. The van der Waals surface area contributed by atoms with E-state index in [-0.39, 0.29) is 0 Å². The van der Waals surface area contributed by atoms with Crippen molar-refractivity contribution in [3.63, 3.8) is 0 Å². The lowest BCUT2D eigenvalue weighted by Gasteiger charge is -2.07. The van der Waals surface area contributed by atoms with Crippen molar-refractivity contribution < 1.29 is 4.74 Å². The van der Waals surface area contributed by atoms with Crippen LogP contribution in [-0.4, -0.2) is 19.7 Å². The van der Waals surface area contributed by atoms with Gasteiger partial charge in [0.05, 0.1) is 0 Å². The summed E-state index contributed by atoms with van der Waals surface area (Å²) in [4.78, 5) is 0. The second kappa shape index (κ2) is 5.17. The molecule has 15 heavy (non-hydrogen) atoms. The predicted molar refractivity (Wildman–Crippen MR) is 62.3 cm³/mol. The number of hydrogen-bond acceptors (Lipinski definition) is 2. The summed E-state index contributed by atoms with van der Waals surface area (Å²) in [5, 5.41) is 3.41. The van der Waals surface area contributed by atoms with Crippen LogP contribution in [0.4, 0.5) is 0 Å². The Labute approximate surface area is 91.6 Å². The lowest BCUT2D eigenvalue weighted by molar-refractivity contribution is 0.313. The molecule has 1 fully saturated rings. The van der Waals surface area contributed by atoms with E-state index in [1.165, 1.54) is 18.4 Å². The molecule has 0 heterocycles. The average Bonchev–Trinajstić information content (AvgIpc) is 3.01. The van der Waals surface area contributed by atoms with Gasteiger partial charge in [-0.3, -0.25) is 0 Å². The van der Waals surface area contributed by atoms with Gasteiger partial charge in [0.15, 0.2) is 0 Å². The van der Waals surface area contributed by atoms with Crippen LogP contribution >= 0.6 is 0 Å². The van der Waals surface area contributed by atoms with Gasteiger partial charge in [-0.2, -0.15) is 0 Å². The number of rotatable bonds is 6. The number of nitrogens with one attached hydrogen (secondary N) is 1. The number of aryl methyl sites for hydroxylation is 1. The Morgan fingerprint density at radius 3 is 3.00 bits per heavy atom. The summed E-state index contributed by atoms with van der Waals surface area (Å²) in [7, 11) is 0. The van der Waals surface area contributed by atoms with Crippen molar-refractivity contribution in [1.82, 2.24) is 5.32 Å². The second-order valence-electron chi connectivity index (χ2n) is 4.31. The minimum atomic E-state index is 0.760. The topological polar surface area (TPSA) is 21.3 Å². The Kier molecular flexibility index (Phi) is 3.62. The first-order valence-corrected chi connectivity index (χ1v) is 5.75. The van der Waals surface area contributed by atoms with Crippen LogP contribution in [0.2, 0.25) is 0 Å². The normalized spacial score (nSPS) is 15.3. The van der Waals surface area contributed by atoms with Gasteiger partial charge in [0.25, 0.3) is 0 Å². The lowest BCUT2D eigenvalue weighted by Crippen LogP contribution is -2.23. The first-order chi connectivity index (χ1) is 7.34. The van der Waals surface area contributed by atoms with E-state index in [0.29, 0.717) is 0 Å². The molecule has 1 aromatic carbocycles. The van der Waals surface area contributed by atoms with Gasteiger partial charge in [-0.25, -0.2) is 0 Å². The Balaban J connectivity index is 1.60. The molecule has 82 valence electrons. The van der Waals surface area contributed by atoms with Gasteiger partial charge in [0, 0.05) is 6.54 Å². The first kappa shape index (κ1) is 10.5. The van der Waals surface area contributed by atoms with Crippen molar-refractivity contribution in [2.45, 2.75) is 19.8 Å². The molecule has 0 aromatic heterocycles. The van der Waals surface area contributed by atoms with Crippen LogP contribution < -0.4 is 10.1 Å². The highest BCUT2D eigenvalue weighted by Crippen LogP contribution is 2.27. The predicted octanol–water partition coefficient (Wildman–Crippen LogP) is 2.37. The molecule has 2 rings (SSSR count). The van der Waals surface area contributed by atoms with E-state index in [0.717, 1.165) is 31.4 Å². The van der Waals surface area contributed by atoms with Crippen LogP contribution in [-0.2, 0) is 0 Å². The standard InChI is InChI=1S/C13H19NO/c1-11-3-2-4-13(9-11)15-8-7-14-10-12-5-6-12/h2-4,9,12,14H,5-8,10H2,1H3. The number of benzene rings is 1. The number of ether oxygens (including phenoxy) is 1. The van der Waals surface area contributed by atoms with Gasteiger partial charge < -0.3 is 10.1 Å². The molecule has 0 spiro atoms. The SMILES string of the molecule is Cc1cccc(OCCNCC2CC2)c1. The summed E-state index contributed by atoms with van der Waals surface area (Å²) in [5.74, 6) is 1.92. The van der Waals surface area contributed by atoms with Gasteiger partial charge in [0.2, 0.25) is 0 Å². The molecule has 2 nitrogen and oxygen atoms in total. The highest BCUT2D eigenvalue weighted by Gasteiger charge is 2.19. The van der Waals surface area contributed by atoms with E-state index in [1.54, 1.807) is 0 Å². The van der Waals surface area contributed by atoms with Crippen molar-refractivity contribution in [2.24, 2.45) is 5.92 Å². The molecule has 1 aliphatic rings. The summed E-state index contributed by atoms with van der Waals surface area (Å²) in [6.45, 7) is 4.95. The van der Waals surface area contributed by atoms with E-state index in [4.69, 9.17) is 4.74 Å². The maximum Gasteiger partial charge on any atom is 0.119 e. The molecule has 1 saturated carbocycles. The van der Waals surface area contributed by atoms with Crippen molar-refractivity contribution >= 4 is 0 Å². The highest BCUT2D eigenvalue weighted by molar-refractivity contribution is 5.27. The third kappa shape index (κ3) is 3.92. The third-order valence-electron chi connectivity index (χ3n) is 2.67. The number of hydrogen-bond donors (Lipinski definition) is 1. The van der Waals surface area contributed by atoms with Crippen molar-refractivity contribution in [2.75, 3.05) is 19.7 Å². The third-order valence-corrected chi connectivity index (χ3v) is 2.67. The fourth-order valence-corrected chi connectivity index (χ4v) is 1.57. The van der Waals surface area contributed by atoms with Crippen LogP contribution in [0.15, 0.2) is 24.3 Å². The van der Waals surface area contributed by atoms with Gasteiger partial charge in [-0.1, -0.05) is 12.1 Å². The molecule has 0 bridgehead atoms. The largest absolute Gasteiger partial charge is 0.492 e. The molecule has 0 unspecified atom stereocenters. The van der Waals surface area contributed by atoms with Crippen LogP contribution in [0.1, 0.15) is 18.4 Å². The quantitative estimate of drug-likeness (QED) is 0.720. The Morgan fingerprint density at radius 1 is 1.40 bits per heavy atom. The van der Waals surface area contributed by atoms with Crippen LogP contribution in [0.5, 0.6) is 5.75 Å². The minimum Gasteiger partial charge on any atom is -0.492 e. The van der Waals surface area contributed by atoms with Crippen molar-refractivity contribution in [1.29, 1.82) is 0 Å². The summed E-state index contributed by atoms with van der Waals surface area (Å²) in [6.07, 6.45) is 2.82. The average molecular weight is 205 g/mol. The van der Waals surface area contributed by atoms with Gasteiger partial charge in [-0.15, -0.1) is 0 Å². The molecule has 0 amide bonds. The van der Waals surface area contributed by atoms with E-state index in [2.05, 4.69) is 24.4 Å². The molecular formula is C13H19NO. The minimum absolute atomic E-state index is 0.760. The Morgan fingerprint density at radius 2 is 2.27 bits per heavy atom. The van der Waals surface area contributed by atoms with E-state index >= 15 is 0 Å². The maximum absolute atomic E-state index is 5.63. The smallest absolute Gasteiger partial charge is 0.119 e. The van der Waals surface area contributed by atoms with Crippen LogP contribution in [0.25, 0.3) is 0 Å². The lowest BCUT2D eigenvalue weighted by atomic mass is 10.2. The monoisotopic (exact) mass is 205 g/mol. The zero-order valence-corrected chi connectivity index (χ0v) is 9.33. The molecule has 1 N–H and O–H groups in total. The van der Waals surface area contributed by atoms with Crippen molar-refractivity contribution in [3.8, 4) is 5.75 Å². The van der Waals surface area contributed by atoms with Crippen molar-refractivity contribution in [3.05, 3.63) is 29.8 Å². The van der Waals surface area contributed by atoms with E-state index in [1.807, 2.05) is 12.1 Å². The van der Waals surface area contributed by atoms with Gasteiger partial charge in [-0.05, 0) is 49.9 Å². The van der Waals surface area contributed by atoms with Crippen LogP contribution in [0, 0.1) is 12.8 Å². The van der Waals surface area contributed by atoms with E-state index < -0.39 is 0 Å². The first-order valence-electron chi connectivity index (χ1n) is 5.75. The summed E-state index contributed by atoms with van der Waals surface area (Å²) in [6, 6.07) is 8.19. The zero-order chi connectivity index (χ0) is 10.5. The zero-order valence-electron chi connectivity index (χ0n) is 9.33. The molecular weight excluding hydrogens is 186 g/mol. The van der Waals surface area contributed by atoms with Crippen LogP contribution in [0.3, 0.4) is 0 Å². The highest BCUT2D eigenvalue weighted by atomic mass is 16.5. The maximum atomic E-state index is 5.63. The molecule has 2 heteroatoms. The fourth-order valence-electron chi connectivity index (χ4n) is 1.57. The van der Waals surface area contributed by atoms with E-state index in [9.17, 15) is 0 Å². The molecule has 0 aliphatic heterocycles. The summed E-state index contributed by atoms with van der Waals surface area (Å²) < 4.78 is 5.63. The Bertz CT molecular complexity index is 307. The molecule has 0 saturated heterocycles. The summed E-state index contributed by atoms with van der Waals surface area (Å²) >= 11 is 0.